The molecule has 0 amide bonds. The van der Waals surface area contributed by atoms with Crippen LogP contribution in [0.4, 0.5) is 0 Å². The normalized spacial score (nSPS) is 20.0. The molecule has 0 spiro atoms. The van der Waals surface area contributed by atoms with Gasteiger partial charge in [0.25, 0.3) is 0 Å². The second-order valence-corrected chi connectivity index (χ2v) is 5.19. The minimum Gasteiger partial charge on any atom is -0.367 e. The van der Waals surface area contributed by atoms with Gasteiger partial charge in [-0.2, -0.15) is 0 Å². The topological polar surface area (TPSA) is 30.9 Å². The summed E-state index contributed by atoms with van der Waals surface area (Å²) < 4.78 is 9.91. The summed E-state index contributed by atoms with van der Waals surface area (Å²) in [6.45, 7) is 5.89. The molecule has 0 saturated carbocycles. The van der Waals surface area contributed by atoms with Gasteiger partial charge in [0, 0.05) is 5.10 Å². The Morgan fingerprint density at radius 3 is 2.95 bits per heavy atom. The number of nitrogens with zero attached hydrogens (tertiary/aromatic N) is 3. The highest BCUT2D eigenvalue weighted by atomic mass is 16.5. The molecule has 2 atom stereocenters. The van der Waals surface area contributed by atoms with Gasteiger partial charge in [-0.3, -0.25) is 0 Å². The molecule has 4 heteroatoms. The third-order valence-corrected chi connectivity index (χ3v) is 3.95. The Morgan fingerprint density at radius 2 is 2.21 bits per heavy atom. The number of fused-ring (bicyclic) bond motifs is 1. The van der Waals surface area contributed by atoms with Crippen molar-refractivity contribution in [2.75, 3.05) is 6.61 Å². The van der Waals surface area contributed by atoms with Crippen LogP contribution in [0.1, 0.15) is 32.1 Å². The summed E-state index contributed by atoms with van der Waals surface area (Å²) in [5.41, 5.74) is 1.09. The Labute approximate surface area is 113 Å². The molecule has 1 aliphatic heterocycles. The lowest BCUT2D eigenvalue weighted by molar-refractivity contribution is -0.749. The number of hydrogen-bond donors (Lipinski definition) is 0. The van der Waals surface area contributed by atoms with Gasteiger partial charge in [-0.05, 0) is 18.1 Å². The maximum Gasteiger partial charge on any atom is 0.304 e. The van der Waals surface area contributed by atoms with Crippen molar-refractivity contribution in [3.8, 4) is 5.69 Å². The number of aromatic nitrogens is 3. The lowest BCUT2D eigenvalue weighted by Gasteiger charge is -2.24. The van der Waals surface area contributed by atoms with E-state index in [1.807, 2.05) is 22.9 Å². The maximum absolute atomic E-state index is 5.68. The predicted octanol–water partition coefficient (Wildman–Crippen LogP) is 2.28. The molecule has 2 heterocycles. The largest absolute Gasteiger partial charge is 0.367 e. The van der Waals surface area contributed by atoms with Crippen LogP contribution < -0.4 is 4.57 Å². The Balaban J connectivity index is 1.98. The van der Waals surface area contributed by atoms with Crippen LogP contribution in [0, 0.1) is 5.92 Å². The molecule has 0 radical (unpaired) electrons. The van der Waals surface area contributed by atoms with Gasteiger partial charge in [0.15, 0.2) is 0 Å². The number of hydrogen-bond acceptors (Lipinski definition) is 2. The van der Waals surface area contributed by atoms with E-state index in [4.69, 9.17) is 4.74 Å². The third-order valence-electron chi connectivity index (χ3n) is 3.95. The molecule has 3 rings (SSSR count). The van der Waals surface area contributed by atoms with Gasteiger partial charge >= 0.3 is 5.82 Å². The molecule has 1 aromatic carbocycles. The lowest BCUT2D eigenvalue weighted by atomic mass is 9.99. The maximum atomic E-state index is 5.68. The van der Waals surface area contributed by atoms with E-state index in [1.165, 1.54) is 0 Å². The zero-order chi connectivity index (χ0) is 13.2. The molecule has 1 aliphatic rings. The highest BCUT2D eigenvalue weighted by Gasteiger charge is 2.32. The van der Waals surface area contributed by atoms with Gasteiger partial charge in [-0.15, -0.1) is 0 Å². The van der Waals surface area contributed by atoms with E-state index in [1.54, 1.807) is 0 Å². The average molecular weight is 258 g/mol. The summed E-state index contributed by atoms with van der Waals surface area (Å²) in [6, 6.07) is 10.6. The lowest BCUT2D eigenvalue weighted by Crippen LogP contribution is -2.50. The summed E-state index contributed by atoms with van der Waals surface area (Å²) in [5, 5.41) is 4.64. The van der Waals surface area contributed by atoms with E-state index in [-0.39, 0.29) is 0 Å². The summed E-state index contributed by atoms with van der Waals surface area (Å²) in [6.07, 6.45) is 3.25. The Kier molecular flexibility index (Phi) is 3.34. The minimum absolute atomic E-state index is 0.395. The second kappa shape index (κ2) is 5.13. The molecule has 4 nitrogen and oxygen atoms in total. The van der Waals surface area contributed by atoms with Gasteiger partial charge in [-0.25, -0.2) is 4.57 Å². The molecule has 19 heavy (non-hydrogen) atoms. The minimum atomic E-state index is 0.395. The Morgan fingerprint density at radius 1 is 1.42 bits per heavy atom. The van der Waals surface area contributed by atoms with Crippen molar-refractivity contribution >= 4 is 0 Å². The van der Waals surface area contributed by atoms with Crippen LogP contribution in [0.15, 0.2) is 36.7 Å². The van der Waals surface area contributed by atoms with Crippen molar-refractivity contribution in [1.29, 1.82) is 0 Å². The molecule has 0 fully saturated rings. The monoisotopic (exact) mass is 258 g/mol. The first-order chi connectivity index (χ1) is 9.29. The van der Waals surface area contributed by atoms with Crippen LogP contribution >= 0.6 is 0 Å². The molecule has 2 unspecified atom stereocenters. The van der Waals surface area contributed by atoms with Crippen molar-refractivity contribution in [3.05, 3.63) is 42.5 Å². The first-order valence-electron chi connectivity index (χ1n) is 6.92. The summed E-state index contributed by atoms with van der Waals surface area (Å²) in [7, 11) is 0. The van der Waals surface area contributed by atoms with Gasteiger partial charge in [0.2, 0.25) is 6.33 Å². The number of ether oxygens (including phenoxy) is 1. The average Bonchev–Trinajstić information content (AvgIpc) is 2.91. The quantitative estimate of drug-likeness (QED) is 0.791. The molecule has 2 aromatic rings. The number of rotatable bonds is 3. The SMILES string of the molecule is CCC(C)C1COCc2nn(-c3ccccc3)c[n+]21. The summed E-state index contributed by atoms with van der Waals surface area (Å²) >= 11 is 0. The summed E-state index contributed by atoms with van der Waals surface area (Å²) in [5.74, 6) is 1.61. The van der Waals surface area contributed by atoms with E-state index >= 15 is 0 Å². The Bertz CT molecular complexity index is 550. The fraction of sp³-hybridized carbons (Fsp3) is 0.467. The zero-order valence-electron chi connectivity index (χ0n) is 11.5. The van der Waals surface area contributed by atoms with Crippen molar-refractivity contribution in [3.63, 3.8) is 0 Å². The number of para-hydroxylation sites is 1. The van der Waals surface area contributed by atoms with E-state index in [0.717, 1.165) is 24.5 Å². The standard InChI is InChI=1S/C15H20N3O/c1-3-12(2)14-9-19-10-15-16-18(11-17(14)15)13-7-5-4-6-8-13/h4-8,11-12,14H,3,9-10H2,1-2H3/q+1. The van der Waals surface area contributed by atoms with Crippen LogP contribution in [0.5, 0.6) is 0 Å². The van der Waals surface area contributed by atoms with Gasteiger partial charge < -0.3 is 4.74 Å². The fourth-order valence-electron chi connectivity index (χ4n) is 2.53. The second-order valence-electron chi connectivity index (χ2n) is 5.19. The molecule has 1 aromatic heterocycles. The van der Waals surface area contributed by atoms with Crippen molar-refractivity contribution in [2.24, 2.45) is 5.92 Å². The van der Waals surface area contributed by atoms with Gasteiger partial charge in [-0.1, -0.05) is 43.1 Å². The molecule has 100 valence electrons. The molecule has 0 saturated heterocycles. The van der Waals surface area contributed by atoms with Crippen LogP contribution in [-0.2, 0) is 11.3 Å². The van der Waals surface area contributed by atoms with Crippen LogP contribution in [0.25, 0.3) is 5.69 Å². The first-order valence-corrected chi connectivity index (χ1v) is 6.92. The molecular weight excluding hydrogens is 238 g/mol. The number of benzene rings is 1. The fourth-order valence-corrected chi connectivity index (χ4v) is 2.53. The Hall–Kier alpha value is -1.68. The highest BCUT2D eigenvalue weighted by molar-refractivity contribution is 5.28. The van der Waals surface area contributed by atoms with E-state index < -0.39 is 0 Å². The van der Waals surface area contributed by atoms with E-state index in [2.05, 4.69) is 42.0 Å². The smallest absolute Gasteiger partial charge is 0.304 e. The van der Waals surface area contributed by atoms with Crippen molar-refractivity contribution in [2.45, 2.75) is 32.9 Å². The summed E-state index contributed by atoms with van der Waals surface area (Å²) in [4.78, 5) is 0. The highest BCUT2D eigenvalue weighted by Crippen LogP contribution is 2.20. The first kappa shape index (κ1) is 12.4. The van der Waals surface area contributed by atoms with Crippen LogP contribution in [-0.4, -0.2) is 16.4 Å². The zero-order valence-corrected chi connectivity index (χ0v) is 11.5. The molecule has 0 aliphatic carbocycles. The third kappa shape index (κ3) is 2.28. The van der Waals surface area contributed by atoms with Gasteiger partial charge in [0.05, 0.1) is 6.61 Å². The van der Waals surface area contributed by atoms with E-state index in [9.17, 15) is 0 Å². The predicted molar refractivity (Wildman–Crippen MR) is 71.9 cm³/mol. The van der Waals surface area contributed by atoms with Gasteiger partial charge in [0.1, 0.15) is 18.3 Å². The van der Waals surface area contributed by atoms with Crippen LogP contribution in [0.2, 0.25) is 0 Å². The van der Waals surface area contributed by atoms with E-state index in [0.29, 0.717) is 18.6 Å². The van der Waals surface area contributed by atoms with Crippen molar-refractivity contribution < 1.29 is 9.30 Å². The molecule has 0 N–H and O–H groups in total. The van der Waals surface area contributed by atoms with Crippen LogP contribution in [0.3, 0.4) is 0 Å². The van der Waals surface area contributed by atoms with Crippen molar-refractivity contribution in [1.82, 2.24) is 9.78 Å². The molecule has 0 bridgehead atoms. The molecular formula is C15H20N3O+.